The number of nitrogens with one attached hydrogen (secondary N) is 2. The number of hydrogen-bond donors (Lipinski definition) is 2. The number of benzene rings is 1. The van der Waals surface area contributed by atoms with E-state index in [4.69, 9.17) is 32.9 Å². The molecule has 0 radical (unpaired) electrons. The second-order valence-electron chi connectivity index (χ2n) is 7.04. The fourth-order valence-corrected chi connectivity index (χ4v) is 3.94. The summed E-state index contributed by atoms with van der Waals surface area (Å²) < 4.78 is 5.60. The van der Waals surface area contributed by atoms with Gasteiger partial charge in [-0.05, 0) is 56.2 Å². The molecule has 2 fully saturated rings. The van der Waals surface area contributed by atoms with E-state index in [9.17, 15) is 0 Å². The molecule has 1 aromatic carbocycles. The lowest BCUT2D eigenvalue weighted by Crippen LogP contribution is -2.42. The molecule has 0 unspecified atom stereocenters. The van der Waals surface area contributed by atoms with Crippen LogP contribution >= 0.6 is 23.2 Å². The molecule has 1 saturated heterocycles. The number of hydrogen-bond acceptors (Lipinski definition) is 2. The van der Waals surface area contributed by atoms with Crippen LogP contribution in [0.4, 0.5) is 0 Å². The third-order valence-electron chi connectivity index (χ3n) is 5.09. The summed E-state index contributed by atoms with van der Waals surface area (Å²) >= 11 is 12.6. The van der Waals surface area contributed by atoms with E-state index in [0.29, 0.717) is 11.6 Å². The molecule has 2 N–H and O–H groups in total. The molecule has 1 aromatic rings. The molecule has 3 rings (SSSR count). The zero-order valence-electron chi connectivity index (χ0n) is 14.8. The molecule has 1 aliphatic heterocycles. The number of aliphatic imine (C=N–C) groups is 1. The molecule has 2 aliphatic rings. The first kappa shape index (κ1) is 18.8. The van der Waals surface area contributed by atoms with Gasteiger partial charge in [0.15, 0.2) is 5.96 Å². The average Bonchev–Trinajstić information content (AvgIpc) is 3.42. The molecule has 6 heteroatoms. The van der Waals surface area contributed by atoms with Gasteiger partial charge in [0.25, 0.3) is 0 Å². The fourth-order valence-electron chi connectivity index (χ4n) is 3.33. The van der Waals surface area contributed by atoms with Crippen LogP contribution in [0.25, 0.3) is 0 Å². The third kappa shape index (κ3) is 5.02. The van der Waals surface area contributed by atoms with E-state index < -0.39 is 0 Å². The van der Waals surface area contributed by atoms with Gasteiger partial charge in [0, 0.05) is 41.8 Å². The molecule has 0 aromatic heterocycles. The van der Waals surface area contributed by atoms with E-state index in [1.807, 2.05) is 12.1 Å². The SMILES string of the molecule is CCNC(=NCC1(c2ccc(Cl)cc2Cl)CCOCC1)NCC1CC1. The molecule has 1 aliphatic carbocycles. The monoisotopic (exact) mass is 383 g/mol. The largest absolute Gasteiger partial charge is 0.381 e. The van der Waals surface area contributed by atoms with Crippen molar-refractivity contribution in [2.75, 3.05) is 32.8 Å². The lowest BCUT2D eigenvalue weighted by atomic mass is 9.74. The Bertz CT molecular complexity index is 611. The van der Waals surface area contributed by atoms with Crippen LogP contribution in [0.3, 0.4) is 0 Å². The van der Waals surface area contributed by atoms with Gasteiger partial charge in [-0.15, -0.1) is 0 Å². The maximum atomic E-state index is 6.53. The Hall–Kier alpha value is -0.970. The van der Waals surface area contributed by atoms with Crippen molar-refractivity contribution in [2.24, 2.45) is 10.9 Å². The Morgan fingerprint density at radius 3 is 2.64 bits per heavy atom. The normalized spacial score (nSPS) is 20.4. The number of halogens is 2. The van der Waals surface area contributed by atoms with Gasteiger partial charge >= 0.3 is 0 Å². The Morgan fingerprint density at radius 2 is 2.00 bits per heavy atom. The highest BCUT2D eigenvalue weighted by molar-refractivity contribution is 6.35. The van der Waals surface area contributed by atoms with Crippen LogP contribution in [0, 0.1) is 5.92 Å². The third-order valence-corrected chi connectivity index (χ3v) is 5.64. The van der Waals surface area contributed by atoms with Crippen LogP contribution in [0.15, 0.2) is 23.2 Å². The van der Waals surface area contributed by atoms with Gasteiger partial charge in [-0.3, -0.25) is 4.99 Å². The van der Waals surface area contributed by atoms with Crippen molar-refractivity contribution >= 4 is 29.2 Å². The molecular formula is C19H27Cl2N3O. The second kappa shape index (κ2) is 8.61. The van der Waals surface area contributed by atoms with Gasteiger partial charge in [0.1, 0.15) is 0 Å². The van der Waals surface area contributed by atoms with E-state index >= 15 is 0 Å². The first-order valence-electron chi connectivity index (χ1n) is 9.18. The van der Waals surface area contributed by atoms with E-state index in [1.54, 1.807) is 0 Å². The zero-order chi connectivity index (χ0) is 17.7. The summed E-state index contributed by atoms with van der Waals surface area (Å²) in [5.74, 6) is 1.71. The topological polar surface area (TPSA) is 45.7 Å². The first-order chi connectivity index (χ1) is 12.1. The van der Waals surface area contributed by atoms with Crippen molar-refractivity contribution in [3.63, 3.8) is 0 Å². The first-order valence-corrected chi connectivity index (χ1v) is 9.94. The number of guanidine groups is 1. The van der Waals surface area contributed by atoms with Gasteiger partial charge in [0.05, 0.1) is 6.54 Å². The van der Waals surface area contributed by atoms with Crippen molar-refractivity contribution in [1.29, 1.82) is 0 Å². The van der Waals surface area contributed by atoms with Gasteiger partial charge in [-0.1, -0.05) is 29.3 Å². The van der Waals surface area contributed by atoms with E-state index in [-0.39, 0.29) is 5.41 Å². The lowest BCUT2D eigenvalue weighted by Gasteiger charge is -2.37. The van der Waals surface area contributed by atoms with Gasteiger partial charge in [-0.25, -0.2) is 0 Å². The Morgan fingerprint density at radius 1 is 1.24 bits per heavy atom. The van der Waals surface area contributed by atoms with Crippen LogP contribution in [0.5, 0.6) is 0 Å². The summed E-state index contributed by atoms with van der Waals surface area (Å²) in [7, 11) is 0. The number of ether oxygens (including phenoxy) is 1. The maximum Gasteiger partial charge on any atom is 0.191 e. The molecule has 0 amide bonds. The molecule has 1 heterocycles. The molecule has 0 bridgehead atoms. The Balaban J connectivity index is 1.80. The van der Waals surface area contributed by atoms with Crippen molar-refractivity contribution < 1.29 is 4.74 Å². The molecule has 0 atom stereocenters. The summed E-state index contributed by atoms with van der Waals surface area (Å²) in [6.45, 7) is 6.12. The van der Waals surface area contributed by atoms with Gasteiger partial charge in [0.2, 0.25) is 0 Å². The highest BCUT2D eigenvalue weighted by Crippen LogP contribution is 2.40. The van der Waals surface area contributed by atoms with Crippen molar-refractivity contribution in [2.45, 2.75) is 38.0 Å². The molecular weight excluding hydrogens is 357 g/mol. The Kier molecular flexibility index (Phi) is 6.48. The minimum Gasteiger partial charge on any atom is -0.381 e. The number of nitrogens with zero attached hydrogens (tertiary/aromatic N) is 1. The maximum absolute atomic E-state index is 6.53. The predicted octanol–water partition coefficient (Wildman–Crippen LogP) is 4.01. The van der Waals surface area contributed by atoms with Crippen molar-refractivity contribution in [3.05, 3.63) is 33.8 Å². The quantitative estimate of drug-likeness (QED) is 0.576. The molecule has 25 heavy (non-hydrogen) atoms. The minimum absolute atomic E-state index is 0.0954. The summed E-state index contributed by atoms with van der Waals surface area (Å²) in [4.78, 5) is 4.90. The van der Waals surface area contributed by atoms with Gasteiger partial charge in [-0.2, -0.15) is 0 Å². The van der Waals surface area contributed by atoms with E-state index in [1.165, 1.54) is 12.8 Å². The van der Waals surface area contributed by atoms with Crippen LogP contribution in [0.1, 0.15) is 38.2 Å². The fraction of sp³-hybridized carbons (Fsp3) is 0.632. The van der Waals surface area contributed by atoms with Crippen molar-refractivity contribution in [1.82, 2.24) is 10.6 Å². The van der Waals surface area contributed by atoms with Gasteiger partial charge < -0.3 is 15.4 Å². The molecule has 1 saturated carbocycles. The molecule has 138 valence electrons. The Labute approximate surface area is 160 Å². The zero-order valence-corrected chi connectivity index (χ0v) is 16.3. The minimum atomic E-state index is -0.0954. The average molecular weight is 384 g/mol. The summed E-state index contributed by atoms with van der Waals surface area (Å²) in [6, 6.07) is 5.80. The van der Waals surface area contributed by atoms with E-state index in [2.05, 4.69) is 23.6 Å². The van der Waals surface area contributed by atoms with Crippen molar-refractivity contribution in [3.8, 4) is 0 Å². The summed E-state index contributed by atoms with van der Waals surface area (Å²) in [5.41, 5.74) is 1.03. The van der Waals surface area contributed by atoms with E-state index in [0.717, 1.165) is 61.6 Å². The van der Waals surface area contributed by atoms with Crippen LogP contribution in [-0.2, 0) is 10.2 Å². The highest BCUT2D eigenvalue weighted by Gasteiger charge is 2.36. The standard InChI is InChI=1S/C19H27Cl2N3O/c1-2-22-18(23-12-14-3-4-14)24-13-19(7-9-25-10-8-19)16-6-5-15(20)11-17(16)21/h5-6,11,14H,2-4,7-10,12-13H2,1H3,(H2,22,23,24). The second-order valence-corrected chi connectivity index (χ2v) is 7.88. The van der Waals surface area contributed by atoms with Crippen LogP contribution < -0.4 is 10.6 Å². The molecule has 0 spiro atoms. The summed E-state index contributed by atoms with van der Waals surface area (Å²) in [5, 5.41) is 8.21. The predicted molar refractivity (Wildman–Crippen MR) is 105 cm³/mol. The van der Waals surface area contributed by atoms with Crippen LogP contribution in [-0.4, -0.2) is 38.8 Å². The summed E-state index contributed by atoms with van der Waals surface area (Å²) in [6.07, 6.45) is 4.49. The molecule has 4 nitrogen and oxygen atoms in total. The highest BCUT2D eigenvalue weighted by atomic mass is 35.5. The number of rotatable bonds is 6. The smallest absolute Gasteiger partial charge is 0.191 e. The lowest BCUT2D eigenvalue weighted by molar-refractivity contribution is 0.0531. The van der Waals surface area contributed by atoms with Crippen LogP contribution in [0.2, 0.25) is 10.0 Å².